The highest BCUT2D eigenvalue weighted by Gasteiger charge is 2.29. The molecule has 158 valence electrons. The lowest BCUT2D eigenvalue weighted by Gasteiger charge is -2.31. The third kappa shape index (κ3) is 4.18. The molecule has 2 heterocycles. The van der Waals surface area contributed by atoms with Gasteiger partial charge < -0.3 is 19.7 Å². The summed E-state index contributed by atoms with van der Waals surface area (Å²) in [6.07, 6.45) is 0.838. The summed E-state index contributed by atoms with van der Waals surface area (Å²) in [5.74, 6) is -1.64. The lowest BCUT2D eigenvalue weighted by Crippen LogP contribution is -2.41. The molecule has 2 aromatic rings. The van der Waals surface area contributed by atoms with E-state index in [9.17, 15) is 18.4 Å². The third-order valence-corrected chi connectivity index (χ3v) is 5.52. The fraction of sp³-hybridized carbons (Fsp3) is 0.333. The van der Waals surface area contributed by atoms with Crippen LogP contribution in [0.15, 0.2) is 30.3 Å². The molecule has 1 N–H and O–H groups in total. The monoisotopic (exact) mass is 436 g/mol. The van der Waals surface area contributed by atoms with Crippen LogP contribution in [-0.2, 0) is 4.79 Å². The van der Waals surface area contributed by atoms with Crippen molar-refractivity contribution in [3.8, 4) is 11.5 Å². The maximum atomic E-state index is 13.9. The molecule has 4 rings (SSSR count). The Labute approximate surface area is 176 Å². The van der Waals surface area contributed by atoms with Gasteiger partial charge in [-0.15, -0.1) is 0 Å². The number of carbonyl (C=O) groups excluding carboxylic acids is 2. The lowest BCUT2D eigenvalue weighted by atomic mass is 9.95. The van der Waals surface area contributed by atoms with Gasteiger partial charge in [-0.1, -0.05) is 11.6 Å². The number of nitrogens with zero attached hydrogens (tertiary/aromatic N) is 1. The van der Waals surface area contributed by atoms with E-state index in [1.807, 2.05) is 0 Å². The Balaban J connectivity index is 1.37. The first-order valence-corrected chi connectivity index (χ1v) is 9.94. The van der Waals surface area contributed by atoms with Crippen molar-refractivity contribution in [2.45, 2.75) is 12.8 Å². The molecule has 2 aliphatic rings. The average molecular weight is 437 g/mol. The van der Waals surface area contributed by atoms with Crippen molar-refractivity contribution in [1.82, 2.24) is 4.90 Å². The number of hydrogen-bond donors (Lipinski definition) is 1. The Bertz CT molecular complexity index is 993. The van der Waals surface area contributed by atoms with Crippen LogP contribution in [0.4, 0.5) is 14.5 Å². The molecule has 1 saturated heterocycles. The van der Waals surface area contributed by atoms with Gasteiger partial charge in [0.05, 0.1) is 16.3 Å². The fourth-order valence-corrected chi connectivity index (χ4v) is 3.77. The third-order valence-electron chi connectivity index (χ3n) is 5.20. The summed E-state index contributed by atoms with van der Waals surface area (Å²) < 4.78 is 37.9. The van der Waals surface area contributed by atoms with Crippen molar-refractivity contribution in [3.05, 3.63) is 52.6 Å². The van der Waals surface area contributed by atoms with Crippen molar-refractivity contribution >= 4 is 29.1 Å². The number of anilines is 1. The zero-order valence-electron chi connectivity index (χ0n) is 15.9. The predicted molar refractivity (Wildman–Crippen MR) is 106 cm³/mol. The molecule has 0 aromatic heterocycles. The Morgan fingerprint density at radius 1 is 1.03 bits per heavy atom. The van der Waals surface area contributed by atoms with Gasteiger partial charge in [-0.05, 0) is 25.0 Å². The van der Waals surface area contributed by atoms with Crippen molar-refractivity contribution in [2.75, 3.05) is 31.6 Å². The molecule has 0 bridgehead atoms. The number of hydrogen-bond acceptors (Lipinski definition) is 4. The van der Waals surface area contributed by atoms with Gasteiger partial charge in [0, 0.05) is 37.2 Å². The maximum absolute atomic E-state index is 13.9. The molecule has 0 radical (unpaired) electrons. The van der Waals surface area contributed by atoms with Crippen LogP contribution in [0.5, 0.6) is 11.5 Å². The minimum absolute atomic E-state index is 0.178. The second kappa shape index (κ2) is 8.47. The maximum Gasteiger partial charge on any atom is 0.256 e. The highest BCUT2D eigenvalue weighted by molar-refractivity contribution is 6.34. The van der Waals surface area contributed by atoms with Crippen LogP contribution >= 0.6 is 11.6 Å². The van der Waals surface area contributed by atoms with Crippen LogP contribution < -0.4 is 14.8 Å². The number of amides is 2. The van der Waals surface area contributed by atoms with Crippen LogP contribution in [-0.4, -0.2) is 43.0 Å². The zero-order chi connectivity index (χ0) is 21.3. The molecular formula is C21H19ClF2N2O4. The van der Waals surface area contributed by atoms with Gasteiger partial charge in [0.1, 0.15) is 24.8 Å². The van der Waals surface area contributed by atoms with Gasteiger partial charge in [-0.3, -0.25) is 9.59 Å². The van der Waals surface area contributed by atoms with Crippen LogP contribution in [0.3, 0.4) is 0 Å². The van der Waals surface area contributed by atoms with E-state index in [-0.39, 0.29) is 17.4 Å². The quantitative estimate of drug-likeness (QED) is 0.793. The van der Waals surface area contributed by atoms with E-state index in [4.69, 9.17) is 21.1 Å². The molecular weight excluding hydrogens is 418 g/mol. The van der Waals surface area contributed by atoms with Crippen LogP contribution in [0, 0.1) is 17.6 Å². The molecule has 9 heteroatoms. The number of halogens is 3. The zero-order valence-corrected chi connectivity index (χ0v) is 16.7. The number of nitrogens with one attached hydrogen (secondary N) is 1. The molecule has 2 amide bonds. The molecule has 0 unspecified atom stereocenters. The van der Waals surface area contributed by atoms with E-state index in [1.54, 1.807) is 12.1 Å². The second-order valence-corrected chi connectivity index (χ2v) is 7.56. The van der Waals surface area contributed by atoms with Crippen LogP contribution in [0.25, 0.3) is 0 Å². The lowest BCUT2D eigenvalue weighted by molar-refractivity contribution is -0.121. The Kier molecular flexibility index (Phi) is 5.76. The van der Waals surface area contributed by atoms with Crippen LogP contribution in [0.2, 0.25) is 5.02 Å². The minimum Gasteiger partial charge on any atom is -0.486 e. The summed E-state index contributed by atoms with van der Waals surface area (Å²) >= 11 is 6.24. The van der Waals surface area contributed by atoms with Crippen molar-refractivity contribution in [2.24, 2.45) is 5.92 Å². The topological polar surface area (TPSA) is 67.9 Å². The molecule has 6 nitrogen and oxygen atoms in total. The first kappa shape index (κ1) is 20.4. The van der Waals surface area contributed by atoms with E-state index in [0.29, 0.717) is 67.4 Å². The Morgan fingerprint density at radius 2 is 1.70 bits per heavy atom. The molecule has 0 aliphatic carbocycles. The molecule has 0 saturated carbocycles. The molecule has 1 fully saturated rings. The largest absolute Gasteiger partial charge is 0.486 e. The standard InChI is InChI=1S/C21H19ClF2N2O4/c22-15-10-18-19(30-8-7-29-18)11-17(15)25-20(27)12-3-5-26(6-4-12)21(28)14-2-1-13(23)9-16(14)24/h1-2,9-12H,3-8H2,(H,25,27). The molecule has 30 heavy (non-hydrogen) atoms. The number of likely N-dealkylation sites (tertiary alicyclic amines) is 1. The van der Waals surface area contributed by atoms with Crippen molar-refractivity contribution in [3.63, 3.8) is 0 Å². The number of benzene rings is 2. The number of rotatable bonds is 3. The van der Waals surface area contributed by atoms with Gasteiger partial charge in [0.15, 0.2) is 11.5 Å². The summed E-state index contributed by atoms with van der Waals surface area (Å²) in [6, 6.07) is 6.10. The van der Waals surface area contributed by atoms with Gasteiger partial charge >= 0.3 is 0 Å². The van der Waals surface area contributed by atoms with Gasteiger partial charge in [0.25, 0.3) is 5.91 Å². The van der Waals surface area contributed by atoms with E-state index >= 15 is 0 Å². The summed E-state index contributed by atoms with van der Waals surface area (Å²) in [4.78, 5) is 26.6. The first-order chi connectivity index (χ1) is 14.4. The average Bonchev–Trinajstić information content (AvgIpc) is 2.74. The van der Waals surface area contributed by atoms with E-state index in [2.05, 4.69) is 5.32 Å². The van der Waals surface area contributed by atoms with E-state index in [0.717, 1.165) is 12.1 Å². The molecule has 2 aromatic carbocycles. The highest BCUT2D eigenvalue weighted by Crippen LogP contribution is 2.38. The molecule has 0 spiro atoms. The number of carbonyl (C=O) groups is 2. The second-order valence-electron chi connectivity index (χ2n) is 7.16. The number of fused-ring (bicyclic) bond motifs is 1. The first-order valence-electron chi connectivity index (χ1n) is 9.56. The molecule has 2 aliphatic heterocycles. The SMILES string of the molecule is O=C(Nc1cc2c(cc1Cl)OCCO2)C1CCN(C(=O)c2ccc(F)cc2F)CC1. The van der Waals surface area contributed by atoms with Crippen molar-refractivity contribution < 1.29 is 27.8 Å². The number of piperidine rings is 1. The summed E-state index contributed by atoms with van der Waals surface area (Å²) in [5, 5.41) is 3.15. The normalized spacial score (nSPS) is 16.3. The Morgan fingerprint density at radius 3 is 2.37 bits per heavy atom. The van der Waals surface area contributed by atoms with Crippen LogP contribution in [0.1, 0.15) is 23.2 Å². The van der Waals surface area contributed by atoms with Gasteiger partial charge in [0.2, 0.25) is 5.91 Å². The summed E-state index contributed by atoms with van der Waals surface area (Å²) in [6.45, 7) is 1.45. The minimum atomic E-state index is -0.895. The fourth-order valence-electron chi connectivity index (χ4n) is 3.57. The summed E-state index contributed by atoms with van der Waals surface area (Å²) in [5.41, 5.74) is 0.250. The number of ether oxygens (including phenoxy) is 2. The van der Waals surface area contributed by atoms with Gasteiger partial charge in [-0.2, -0.15) is 0 Å². The smallest absolute Gasteiger partial charge is 0.256 e. The van der Waals surface area contributed by atoms with E-state index < -0.39 is 17.5 Å². The Hall–Kier alpha value is -2.87. The summed E-state index contributed by atoms with van der Waals surface area (Å²) in [7, 11) is 0. The van der Waals surface area contributed by atoms with E-state index in [1.165, 1.54) is 4.90 Å². The molecule has 0 atom stereocenters. The van der Waals surface area contributed by atoms with Gasteiger partial charge in [-0.25, -0.2) is 8.78 Å². The predicted octanol–water partition coefficient (Wildman–Crippen LogP) is 3.88. The highest BCUT2D eigenvalue weighted by atomic mass is 35.5. The van der Waals surface area contributed by atoms with Crippen molar-refractivity contribution in [1.29, 1.82) is 0 Å².